The molecule has 0 radical (unpaired) electrons. The molecule has 1 unspecified atom stereocenters. The lowest BCUT2D eigenvalue weighted by Gasteiger charge is -2.09. The average Bonchev–Trinajstić information content (AvgIpc) is 2.79. The Bertz CT molecular complexity index is 629. The van der Waals surface area contributed by atoms with Crippen LogP contribution in [0.4, 0.5) is 5.00 Å². The van der Waals surface area contributed by atoms with Crippen molar-refractivity contribution in [3.63, 3.8) is 0 Å². The van der Waals surface area contributed by atoms with E-state index in [1.165, 1.54) is 10.4 Å². The van der Waals surface area contributed by atoms with Gasteiger partial charge in [-0.2, -0.15) is 0 Å². The summed E-state index contributed by atoms with van der Waals surface area (Å²) in [6.45, 7) is 5.12. The van der Waals surface area contributed by atoms with Gasteiger partial charge < -0.3 is 10.4 Å². The second kappa shape index (κ2) is 8.39. The van der Waals surface area contributed by atoms with E-state index in [0.29, 0.717) is 14.3 Å². The molecular formula is C16H21N2O2PS. The molecule has 0 aliphatic carbocycles. The van der Waals surface area contributed by atoms with Crippen molar-refractivity contribution in [3.8, 4) is 0 Å². The maximum Gasteiger partial charge on any atom is 0.256 e. The predicted octanol–water partition coefficient (Wildman–Crippen LogP) is 2.81. The van der Waals surface area contributed by atoms with Crippen LogP contribution in [0.5, 0.6) is 0 Å². The van der Waals surface area contributed by atoms with Crippen LogP contribution in [0.1, 0.15) is 27.2 Å². The summed E-state index contributed by atoms with van der Waals surface area (Å²) in [5.74, 6) is -0.0803. The number of hydrogen-bond donors (Lipinski definition) is 3. The van der Waals surface area contributed by atoms with E-state index in [1.807, 2.05) is 30.3 Å². The topological polar surface area (TPSA) is 61.4 Å². The number of carbonyl (C=O) groups is 1. The van der Waals surface area contributed by atoms with Crippen LogP contribution in [-0.4, -0.2) is 24.2 Å². The number of aliphatic hydroxyl groups is 1. The number of amides is 1. The van der Waals surface area contributed by atoms with Crippen LogP contribution in [0.2, 0.25) is 0 Å². The fraction of sp³-hybridized carbons (Fsp3) is 0.312. The number of nitrogens with one attached hydrogen (secondary N) is 2. The molecule has 4 nitrogen and oxygen atoms in total. The number of benzene rings is 1. The maximum absolute atomic E-state index is 12.3. The molecule has 2 aromatic rings. The van der Waals surface area contributed by atoms with Gasteiger partial charge in [-0.1, -0.05) is 18.2 Å². The molecule has 118 valence electrons. The number of anilines is 1. The van der Waals surface area contributed by atoms with Crippen LogP contribution in [0.3, 0.4) is 0 Å². The van der Waals surface area contributed by atoms with Crippen molar-refractivity contribution < 1.29 is 9.90 Å². The highest BCUT2D eigenvalue weighted by Crippen LogP contribution is 2.29. The van der Waals surface area contributed by atoms with E-state index in [4.69, 9.17) is 5.11 Å². The smallest absolute Gasteiger partial charge is 0.256 e. The summed E-state index contributed by atoms with van der Waals surface area (Å²) in [5, 5.41) is 17.3. The quantitative estimate of drug-likeness (QED) is 0.538. The molecule has 0 aliphatic heterocycles. The molecule has 0 spiro atoms. The van der Waals surface area contributed by atoms with Crippen molar-refractivity contribution >= 4 is 36.3 Å². The molecule has 6 heteroatoms. The van der Waals surface area contributed by atoms with Gasteiger partial charge in [0.1, 0.15) is 5.00 Å². The standard InChI is InChI=1S/C16H21N2O2PS/c1-11-12(2)22-16(14(11)21-17-9-6-10-19)18-15(20)13-7-4-3-5-8-13/h3-5,7-8,17,19,21H,6,9-10H2,1-2H3,(H,18,20). The minimum Gasteiger partial charge on any atom is -0.396 e. The zero-order valence-corrected chi connectivity index (χ0v) is 14.6. The third kappa shape index (κ3) is 4.37. The van der Waals surface area contributed by atoms with Crippen LogP contribution in [0.25, 0.3) is 0 Å². The number of hydrogen-bond acceptors (Lipinski definition) is 4. The van der Waals surface area contributed by atoms with E-state index in [-0.39, 0.29) is 12.5 Å². The Labute approximate surface area is 136 Å². The first kappa shape index (κ1) is 17.1. The lowest BCUT2D eigenvalue weighted by atomic mass is 10.2. The normalized spacial score (nSPS) is 11.2. The first-order valence-corrected chi connectivity index (χ1v) is 9.01. The monoisotopic (exact) mass is 336 g/mol. The summed E-state index contributed by atoms with van der Waals surface area (Å²) in [7, 11) is 0.425. The van der Waals surface area contributed by atoms with Crippen molar-refractivity contribution in [1.82, 2.24) is 5.09 Å². The van der Waals surface area contributed by atoms with Crippen molar-refractivity contribution in [1.29, 1.82) is 0 Å². The fourth-order valence-corrected chi connectivity index (χ4v) is 4.34. The molecule has 0 saturated carbocycles. The molecule has 0 aliphatic rings. The highest BCUT2D eigenvalue weighted by Gasteiger charge is 2.15. The summed E-state index contributed by atoms with van der Waals surface area (Å²) in [6, 6.07) is 9.24. The Morgan fingerprint density at radius 2 is 2.00 bits per heavy atom. The molecule has 1 amide bonds. The van der Waals surface area contributed by atoms with Gasteiger partial charge in [0.05, 0.1) is 0 Å². The van der Waals surface area contributed by atoms with Crippen LogP contribution in [0.15, 0.2) is 30.3 Å². The molecule has 2 rings (SSSR count). The van der Waals surface area contributed by atoms with Gasteiger partial charge in [0.2, 0.25) is 0 Å². The molecule has 3 N–H and O–H groups in total. The first-order valence-electron chi connectivity index (χ1n) is 7.19. The number of aryl methyl sites for hydroxylation is 1. The highest BCUT2D eigenvalue weighted by atomic mass is 32.1. The lowest BCUT2D eigenvalue weighted by molar-refractivity contribution is 0.102. The SMILES string of the molecule is Cc1sc(NC(=O)c2ccccc2)c(PNCCCO)c1C. The van der Waals surface area contributed by atoms with Crippen LogP contribution < -0.4 is 15.7 Å². The van der Waals surface area contributed by atoms with E-state index in [0.717, 1.165) is 23.3 Å². The maximum atomic E-state index is 12.3. The zero-order valence-electron chi connectivity index (χ0n) is 12.8. The van der Waals surface area contributed by atoms with Gasteiger partial charge in [-0.3, -0.25) is 9.88 Å². The summed E-state index contributed by atoms with van der Waals surface area (Å²) >= 11 is 1.61. The molecule has 1 atom stereocenters. The Kier molecular flexibility index (Phi) is 6.52. The van der Waals surface area contributed by atoms with E-state index in [9.17, 15) is 4.79 Å². The van der Waals surface area contributed by atoms with E-state index >= 15 is 0 Å². The van der Waals surface area contributed by atoms with Crippen molar-refractivity contribution in [2.45, 2.75) is 20.3 Å². The second-order valence-corrected chi connectivity index (χ2v) is 7.26. The van der Waals surface area contributed by atoms with E-state index in [2.05, 4.69) is 24.3 Å². The molecule has 0 saturated heterocycles. The zero-order chi connectivity index (χ0) is 15.9. The number of carbonyl (C=O) groups excluding carboxylic acids is 1. The van der Waals surface area contributed by atoms with Gasteiger partial charge in [-0.25, -0.2) is 0 Å². The van der Waals surface area contributed by atoms with Gasteiger partial charge in [0.25, 0.3) is 5.91 Å². The summed E-state index contributed by atoms with van der Waals surface area (Å²) < 4.78 is 0. The second-order valence-electron chi connectivity index (χ2n) is 4.94. The van der Waals surface area contributed by atoms with Crippen LogP contribution >= 0.6 is 20.1 Å². The third-order valence-corrected chi connectivity index (χ3v) is 5.93. The van der Waals surface area contributed by atoms with Crippen LogP contribution in [0, 0.1) is 13.8 Å². The third-order valence-electron chi connectivity index (χ3n) is 3.32. The first-order chi connectivity index (χ1) is 10.6. The van der Waals surface area contributed by atoms with Crippen molar-refractivity contribution in [3.05, 3.63) is 46.3 Å². The lowest BCUT2D eigenvalue weighted by Crippen LogP contribution is -2.18. The largest absolute Gasteiger partial charge is 0.396 e. The minimum absolute atomic E-state index is 0.0803. The summed E-state index contributed by atoms with van der Waals surface area (Å²) in [4.78, 5) is 13.5. The van der Waals surface area contributed by atoms with Crippen LogP contribution in [-0.2, 0) is 0 Å². The molecule has 0 fully saturated rings. The Hall–Kier alpha value is -1.26. The summed E-state index contributed by atoms with van der Waals surface area (Å²) in [5.41, 5.74) is 1.89. The highest BCUT2D eigenvalue weighted by molar-refractivity contribution is 7.47. The number of aliphatic hydroxyl groups excluding tert-OH is 1. The summed E-state index contributed by atoms with van der Waals surface area (Å²) in [6.07, 6.45) is 0.737. The van der Waals surface area contributed by atoms with Crippen molar-refractivity contribution in [2.75, 3.05) is 18.5 Å². The Morgan fingerprint density at radius 3 is 2.68 bits per heavy atom. The van der Waals surface area contributed by atoms with Gasteiger partial charge in [-0.15, -0.1) is 11.3 Å². The molecule has 0 bridgehead atoms. The van der Waals surface area contributed by atoms with Gasteiger partial charge in [0.15, 0.2) is 0 Å². The molecule has 1 heterocycles. The Balaban J connectivity index is 2.10. The van der Waals surface area contributed by atoms with E-state index in [1.54, 1.807) is 11.3 Å². The molecular weight excluding hydrogens is 315 g/mol. The van der Waals surface area contributed by atoms with Gasteiger partial charge in [0, 0.05) is 28.9 Å². The number of rotatable bonds is 7. The fourth-order valence-electron chi connectivity index (χ4n) is 1.95. The Morgan fingerprint density at radius 1 is 1.27 bits per heavy atom. The van der Waals surface area contributed by atoms with Gasteiger partial charge in [-0.05, 0) is 46.7 Å². The van der Waals surface area contributed by atoms with Gasteiger partial charge >= 0.3 is 0 Å². The average molecular weight is 336 g/mol. The number of thiophene rings is 1. The van der Waals surface area contributed by atoms with E-state index < -0.39 is 0 Å². The van der Waals surface area contributed by atoms with Crippen molar-refractivity contribution in [2.24, 2.45) is 0 Å². The molecule has 1 aromatic carbocycles. The predicted molar refractivity (Wildman–Crippen MR) is 95.8 cm³/mol. The minimum atomic E-state index is -0.0803. The molecule has 22 heavy (non-hydrogen) atoms. The molecule has 1 aromatic heterocycles.